The summed E-state index contributed by atoms with van der Waals surface area (Å²) in [6.45, 7) is 0. The van der Waals surface area contributed by atoms with Gasteiger partial charge in [0, 0.05) is 23.7 Å². The topological polar surface area (TPSA) is 30.0 Å². The van der Waals surface area contributed by atoms with Crippen LogP contribution >= 0.6 is 24.0 Å². The molecule has 0 aliphatic heterocycles. The van der Waals surface area contributed by atoms with Crippen molar-refractivity contribution < 1.29 is 4.79 Å². The van der Waals surface area contributed by atoms with Gasteiger partial charge in [-0.2, -0.15) is 0 Å². The highest BCUT2D eigenvalue weighted by molar-refractivity contribution is 6.64. The summed E-state index contributed by atoms with van der Waals surface area (Å²) in [5.41, 5.74) is 0.983. The Kier molecular flexibility index (Phi) is 3.28. The minimum absolute atomic E-state index is 0. The first kappa shape index (κ1) is 10.5. The molecule has 1 aromatic rings. The Bertz CT molecular complexity index is 302. The van der Waals surface area contributed by atoms with E-state index in [2.05, 4.69) is 4.98 Å². The van der Waals surface area contributed by atoms with Gasteiger partial charge >= 0.3 is 0 Å². The van der Waals surface area contributed by atoms with Crippen LogP contribution in [0.1, 0.15) is 18.0 Å². The largest absolute Gasteiger partial charge is 0.281 e. The second kappa shape index (κ2) is 4.07. The van der Waals surface area contributed by atoms with Crippen molar-refractivity contribution in [3.63, 3.8) is 0 Å². The standard InChI is InChI=1S/C9H8ClNO.ClH/c10-9(12)7-5-6(7)8-3-1-2-4-11-8;/h1-4,6-7H,5H2;1H/t6-,7-;/m0./s1. The van der Waals surface area contributed by atoms with E-state index in [1.54, 1.807) is 6.20 Å². The van der Waals surface area contributed by atoms with Gasteiger partial charge in [-0.05, 0) is 30.2 Å². The first-order valence-corrected chi connectivity index (χ1v) is 4.27. The van der Waals surface area contributed by atoms with Gasteiger partial charge in [0.25, 0.3) is 0 Å². The molecule has 1 aliphatic carbocycles. The van der Waals surface area contributed by atoms with Crippen LogP contribution in [0.25, 0.3) is 0 Å². The zero-order valence-electron chi connectivity index (χ0n) is 6.81. The smallest absolute Gasteiger partial charge is 0.225 e. The Hall–Kier alpha value is -0.600. The average molecular weight is 218 g/mol. The monoisotopic (exact) mass is 217 g/mol. The normalized spacial score (nSPS) is 24.7. The fourth-order valence-electron chi connectivity index (χ4n) is 1.37. The van der Waals surface area contributed by atoms with Crippen molar-refractivity contribution in [2.75, 3.05) is 0 Å². The molecule has 13 heavy (non-hydrogen) atoms. The molecule has 2 atom stereocenters. The molecule has 0 spiro atoms. The van der Waals surface area contributed by atoms with Crippen LogP contribution in [0.5, 0.6) is 0 Å². The molecule has 1 fully saturated rings. The fraction of sp³-hybridized carbons (Fsp3) is 0.333. The van der Waals surface area contributed by atoms with Crippen molar-refractivity contribution in [1.29, 1.82) is 0 Å². The maximum Gasteiger partial charge on any atom is 0.225 e. The molecule has 0 bridgehead atoms. The van der Waals surface area contributed by atoms with Crippen LogP contribution in [0, 0.1) is 5.92 Å². The van der Waals surface area contributed by atoms with Crippen LogP contribution in [-0.2, 0) is 4.79 Å². The third-order valence-corrected chi connectivity index (χ3v) is 2.43. The Morgan fingerprint density at radius 1 is 1.54 bits per heavy atom. The molecule has 70 valence electrons. The van der Waals surface area contributed by atoms with E-state index in [-0.39, 0.29) is 29.5 Å². The Morgan fingerprint density at radius 3 is 2.77 bits per heavy atom. The zero-order chi connectivity index (χ0) is 8.55. The van der Waals surface area contributed by atoms with Crippen molar-refractivity contribution in [1.82, 2.24) is 4.98 Å². The van der Waals surface area contributed by atoms with E-state index in [0.29, 0.717) is 0 Å². The molecule has 0 N–H and O–H groups in total. The number of nitrogens with zero attached hydrogens (tertiary/aromatic N) is 1. The second-order valence-electron chi connectivity index (χ2n) is 3.01. The van der Waals surface area contributed by atoms with Gasteiger partial charge in [0.15, 0.2) is 0 Å². The fourth-order valence-corrected chi connectivity index (χ4v) is 1.61. The number of carbonyl (C=O) groups excluding carboxylic acids is 1. The molecule has 1 aromatic heterocycles. The molecule has 2 nitrogen and oxygen atoms in total. The van der Waals surface area contributed by atoms with Crippen molar-refractivity contribution in [3.05, 3.63) is 30.1 Å². The lowest BCUT2D eigenvalue weighted by atomic mass is 10.2. The van der Waals surface area contributed by atoms with Gasteiger partial charge in [0.05, 0.1) is 0 Å². The van der Waals surface area contributed by atoms with Gasteiger partial charge in [-0.3, -0.25) is 9.78 Å². The lowest BCUT2D eigenvalue weighted by molar-refractivity contribution is -0.112. The number of hydrogen-bond acceptors (Lipinski definition) is 2. The number of halogens is 2. The van der Waals surface area contributed by atoms with Crippen LogP contribution in [-0.4, -0.2) is 10.2 Å². The summed E-state index contributed by atoms with van der Waals surface area (Å²) in [4.78, 5) is 14.9. The molecule has 0 unspecified atom stereocenters. The summed E-state index contributed by atoms with van der Waals surface area (Å²) in [6, 6.07) is 5.73. The molecule has 0 aromatic carbocycles. The van der Waals surface area contributed by atoms with E-state index in [9.17, 15) is 4.79 Å². The quantitative estimate of drug-likeness (QED) is 0.713. The predicted octanol–water partition coefficient (Wildman–Crippen LogP) is 2.37. The summed E-state index contributed by atoms with van der Waals surface area (Å²) in [7, 11) is 0. The van der Waals surface area contributed by atoms with Crippen LogP contribution in [0.15, 0.2) is 24.4 Å². The second-order valence-corrected chi connectivity index (χ2v) is 3.38. The SMILES string of the molecule is Cl.O=C(Cl)[C@H]1C[C@@H]1c1ccccn1. The van der Waals surface area contributed by atoms with Crippen LogP contribution in [0.2, 0.25) is 0 Å². The van der Waals surface area contributed by atoms with E-state index in [4.69, 9.17) is 11.6 Å². The van der Waals surface area contributed by atoms with Gasteiger partial charge in [0.2, 0.25) is 5.24 Å². The molecule has 0 saturated heterocycles. The molecule has 1 saturated carbocycles. The zero-order valence-corrected chi connectivity index (χ0v) is 8.39. The van der Waals surface area contributed by atoms with Gasteiger partial charge in [-0.25, -0.2) is 0 Å². The first-order chi connectivity index (χ1) is 5.79. The van der Waals surface area contributed by atoms with E-state index in [1.807, 2.05) is 18.2 Å². The minimum atomic E-state index is -0.231. The highest BCUT2D eigenvalue weighted by atomic mass is 35.5. The lowest BCUT2D eigenvalue weighted by Gasteiger charge is -1.94. The van der Waals surface area contributed by atoms with E-state index < -0.39 is 0 Å². The number of pyridine rings is 1. The molecular formula is C9H9Cl2NO. The molecule has 0 amide bonds. The van der Waals surface area contributed by atoms with E-state index in [1.165, 1.54) is 0 Å². The number of rotatable bonds is 2. The Balaban J connectivity index is 0.000000845. The Morgan fingerprint density at radius 2 is 2.31 bits per heavy atom. The molecular weight excluding hydrogens is 209 g/mol. The average Bonchev–Trinajstić information content (AvgIpc) is 2.84. The third-order valence-electron chi connectivity index (χ3n) is 2.15. The van der Waals surface area contributed by atoms with Crippen LogP contribution in [0.4, 0.5) is 0 Å². The van der Waals surface area contributed by atoms with Crippen molar-refractivity contribution in [2.45, 2.75) is 12.3 Å². The maximum absolute atomic E-state index is 10.7. The summed E-state index contributed by atoms with van der Waals surface area (Å²) < 4.78 is 0. The summed E-state index contributed by atoms with van der Waals surface area (Å²) >= 11 is 5.35. The Labute approximate surface area is 87.7 Å². The highest BCUT2D eigenvalue weighted by Gasteiger charge is 2.43. The molecule has 0 radical (unpaired) electrons. The van der Waals surface area contributed by atoms with Gasteiger partial charge in [-0.15, -0.1) is 12.4 Å². The molecule has 1 aliphatic rings. The van der Waals surface area contributed by atoms with Crippen molar-refractivity contribution in [3.8, 4) is 0 Å². The minimum Gasteiger partial charge on any atom is -0.281 e. The van der Waals surface area contributed by atoms with E-state index >= 15 is 0 Å². The molecule has 4 heteroatoms. The predicted molar refractivity (Wildman–Crippen MR) is 53.2 cm³/mol. The summed E-state index contributed by atoms with van der Waals surface area (Å²) in [5, 5.41) is -0.231. The number of hydrogen-bond donors (Lipinski definition) is 0. The number of carbonyl (C=O) groups is 1. The van der Waals surface area contributed by atoms with Gasteiger partial charge < -0.3 is 0 Å². The van der Waals surface area contributed by atoms with Crippen LogP contribution < -0.4 is 0 Å². The van der Waals surface area contributed by atoms with Gasteiger partial charge in [0.1, 0.15) is 0 Å². The number of aromatic nitrogens is 1. The van der Waals surface area contributed by atoms with Crippen LogP contribution in [0.3, 0.4) is 0 Å². The molecule has 2 rings (SSSR count). The summed E-state index contributed by atoms with van der Waals surface area (Å²) in [5.74, 6) is 0.290. The van der Waals surface area contributed by atoms with Crippen molar-refractivity contribution in [2.24, 2.45) is 5.92 Å². The third kappa shape index (κ3) is 2.20. The lowest BCUT2D eigenvalue weighted by Crippen LogP contribution is -1.92. The maximum atomic E-state index is 10.7. The first-order valence-electron chi connectivity index (χ1n) is 3.89. The summed E-state index contributed by atoms with van der Waals surface area (Å²) in [6.07, 6.45) is 2.60. The highest BCUT2D eigenvalue weighted by Crippen LogP contribution is 2.47. The molecule has 1 heterocycles. The van der Waals surface area contributed by atoms with E-state index in [0.717, 1.165) is 12.1 Å². The van der Waals surface area contributed by atoms with Crippen molar-refractivity contribution >= 4 is 29.3 Å². The van der Waals surface area contributed by atoms with Gasteiger partial charge in [-0.1, -0.05) is 6.07 Å².